The highest BCUT2D eigenvalue weighted by Crippen LogP contribution is 2.38. The zero-order chi connectivity index (χ0) is 24.9. The minimum atomic E-state index is -0.450. The van der Waals surface area contributed by atoms with Gasteiger partial charge in [0, 0.05) is 10.6 Å². The van der Waals surface area contributed by atoms with Crippen molar-refractivity contribution in [3.8, 4) is 0 Å². The lowest BCUT2D eigenvalue weighted by Gasteiger charge is -2.16. The van der Waals surface area contributed by atoms with Crippen LogP contribution < -0.4 is 10.2 Å². The second-order valence-corrected chi connectivity index (χ2v) is 9.27. The van der Waals surface area contributed by atoms with E-state index >= 15 is 0 Å². The molecule has 1 aliphatic heterocycles. The maximum Gasteiger partial charge on any atom is 0.338 e. The predicted octanol–water partition coefficient (Wildman–Crippen LogP) is 5.86. The third-order valence-electron chi connectivity index (χ3n) is 5.49. The molecule has 2 amide bonds. The molecule has 0 radical (unpaired) electrons. The quantitative estimate of drug-likeness (QED) is 0.318. The Kier molecular flexibility index (Phi) is 7.36. The van der Waals surface area contributed by atoms with Crippen LogP contribution in [0, 0.1) is 13.8 Å². The number of amides is 2. The van der Waals surface area contributed by atoms with Crippen LogP contribution in [0.2, 0.25) is 0 Å². The Bertz CT molecular complexity index is 1300. The third kappa shape index (κ3) is 5.30. The second kappa shape index (κ2) is 10.6. The Morgan fingerprint density at radius 3 is 2.26 bits per heavy atom. The number of para-hydroxylation sites is 1. The molecule has 0 atom stereocenters. The summed E-state index contributed by atoms with van der Waals surface area (Å²) >= 11 is 1.25. The number of hydrogen-bond acceptors (Lipinski definition) is 6. The van der Waals surface area contributed by atoms with E-state index in [2.05, 4.69) is 5.32 Å². The van der Waals surface area contributed by atoms with Crippen LogP contribution in [0.1, 0.15) is 34.8 Å². The number of ether oxygens (including phenoxy) is 1. The van der Waals surface area contributed by atoms with Crippen LogP contribution in [0.5, 0.6) is 0 Å². The van der Waals surface area contributed by atoms with Gasteiger partial charge in [-0.05, 0) is 68.3 Å². The van der Waals surface area contributed by atoms with Crippen molar-refractivity contribution in [1.29, 1.82) is 0 Å². The molecule has 1 N–H and O–H groups in total. The van der Waals surface area contributed by atoms with Crippen LogP contribution in [-0.4, -0.2) is 24.4 Å². The summed E-state index contributed by atoms with van der Waals surface area (Å²) in [5, 5.41) is 3.20. The molecule has 35 heavy (non-hydrogen) atoms. The topological polar surface area (TPSA) is 75.7 Å². The summed E-state index contributed by atoms with van der Waals surface area (Å²) in [4.78, 5) is 41.5. The van der Waals surface area contributed by atoms with Gasteiger partial charge in [0.25, 0.3) is 11.8 Å². The number of imide groups is 1. The molecule has 7 heteroatoms. The predicted molar refractivity (Wildman–Crippen MR) is 138 cm³/mol. The SMILES string of the molecule is CCCOC(=O)c1ccc(N2C(=O)C(Nc3ccccc3C)=C(Sc3ccc(C)cc3)C2=O)cc1. The van der Waals surface area contributed by atoms with Crippen molar-refractivity contribution in [2.75, 3.05) is 16.8 Å². The van der Waals surface area contributed by atoms with Gasteiger partial charge < -0.3 is 10.1 Å². The van der Waals surface area contributed by atoms with Crippen molar-refractivity contribution >= 4 is 40.9 Å². The van der Waals surface area contributed by atoms with Gasteiger partial charge in [-0.1, -0.05) is 54.6 Å². The standard InChI is InChI=1S/C28H26N2O4S/c1-4-17-34-28(33)20-11-13-21(14-12-20)30-26(31)24(29-23-8-6-5-7-19(23)3)25(27(30)32)35-22-15-9-18(2)10-16-22/h5-16,29H,4,17H2,1-3H3. The van der Waals surface area contributed by atoms with E-state index < -0.39 is 17.8 Å². The molecule has 4 rings (SSSR count). The molecule has 0 aliphatic carbocycles. The minimum Gasteiger partial charge on any atom is -0.462 e. The molecule has 3 aromatic carbocycles. The van der Waals surface area contributed by atoms with Crippen LogP contribution in [0.3, 0.4) is 0 Å². The second-order valence-electron chi connectivity index (χ2n) is 8.19. The van der Waals surface area contributed by atoms with Gasteiger partial charge in [0.05, 0.1) is 17.9 Å². The van der Waals surface area contributed by atoms with E-state index in [9.17, 15) is 14.4 Å². The highest BCUT2D eigenvalue weighted by molar-refractivity contribution is 8.04. The number of carbonyl (C=O) groups is 3. The molecule has 0 bridgehead atoms. The first-order chi connectivity index (χ1) is 16.9. The van der Waals surface area contributed by atoms with Gasteiger partial charge in [-0.15, -0.1) is 0 Å². The Balaban J connectivity index is 1.67. The van der Waals surface area contributed by atoms with Crippen LogP contribution in [0.4, 0.5) is 11.4 Å². The van der Waals surface area contributed by atoms with Crippen LogP contribution in [0.25, 0.3) is 0 Å². The molecule has 6 nitrogen and oxygen atoms in total. The minimum absolute atomic E-state index is 0.223. The van der Waals surface area contributed by atoms with Gasteiger partial charge >= 0.3 is 5.97 Å². The zero-order valence-electron chi connectivity index (χ0n) is 19.8. The van der Waals surface area contributed by atoms with Gasteiger partial charge in [0.1, 0.15) is 10.6 Å². The van der Waals surface area contributed by atoms with E-state index in [0.717, 1.165) is 33.0 Å². The number of aryl methyl sites for hydroxylation is 2. The average molecular weight is 487 g/mol. The zero-order valence-corrected chi connectivity index (χ0v) is 20.6. The normalized spacial score (nSPS) is 13.4. The fourth-order valence-electron chi connectivity index (χ4n) is 3.55. The molecular weight excluding hydrogens is 460 g/mol. The number of thioether (sulfide) groups is 1. The number of anilines is 2. The number of rotatable bonds is 8. The summed E-state index contributed by atoms with van der Waals surface area (Å²) in [6.07, 6.45) is 0.727. The summed E-state index contributed by atoms with van der Waals surface area (Å²) in [5.41, 5.74) is 3.78. The van der Waals surface area contributed by atoms with Crippen LogP contribution in [0.15, 0.2) is 88.3 Å². The summed E-state index contributed by atoms with van der Waals surface area (Å²) < 4.78 is 5.16. The average Bonchev–Trinajstić information content (AvgIpc) is 3.09. The Labute approximate surface area is 209 Å². The van der Waals surface area contributed by atoms with E-state index in [4.69, 9.17) is 4.74 Å². The van der Waals surface area contributed by atoms with E-state index in [1.807, 2.05) is 69.3 Å². The molecule has 178 valence electrons. The Morgan fingerprint density at radius 2 is 1.60 bits per heavy atom. The Hall–Kier alpha value is -3.84. The molecule has 0 aromatic heterocycles. The maximum atomic E-state index is 13.5. The number of nitrogens with one attached hydrogen (secondary N) is 1. The smallest absolute Gasteiger partial charge is 0.338 e. The highest BCUT2D eigenvalue weighted by Gasteiger charge is 2.40. The van der Waals surface area contributed by atoms with Crippen LogP contribution in [-0.2, 0) is 14.3 Å². The fourth-order valence-corrected chi connectivity index (χ4v) is 4.47. The van der Waals surface area contributed by atoms with Crippen molar-refractivity contribution in [3.05, 3.63) is 100 Å². The monoisotopic (exact) mass is 486 g/mol. The van der Waals surface area contributed by atoms with Crippen molar-refractivity contribution < 1.29 is 19.1 Å². The summed E-state index contributed by atoms with van der Waals surface area (Å²) in [5.74, 6) is -1.31. The lowest BCUT2D eigenvalue weighted by atomic mass is 10.2. The van der Waals surface area contributed by atoms with E-state index in [1.54, 1.807) is 24.3 Å². The van der Waals surface area contributed by atoms with Crippen LogP contribution >= 0.6 is 11.8 Å². The number of nitrogens with zero attached hydrogens (tertiary/aromatic N) is 1. The van der Waals surface area contributed by atoms with Crippen molar-refractivity contribution in [1.82, 2.24) is 0 Å². The number of carbonyl (C=O) groups excluding carboxylic acids is 3. The van der Waals surface area contributed by atoms with E-state index in [0.29, 0.717) is 22.8 Å². The number of benzene rings is 3. The molecule has 1 aliphatic rings. The first kappa shape index (κ1) is 24.3. The molecule has 0 spiro atoms. The maximum absolute atomic E-state index is 13.5. The number of esters is 1. The van der Waals surface area contributed by atoms with E-state index in [-0.39, 0.29) is 5.70 Å². The van der Waals surface area contributed by atoms with Gasteiger partial charge in [0.15, 0.2) is 0 Å². The molecule has 0 saturated heterocycles. The third-order valence-corrected chi connectivity index (χ3v) is 6.58. The van der Waals surface area contributed by atoms with Gasteiger partial charge in [-0.25, -0.2) is 9.69 Å². The molecule has 3 aromatic rings. The molecule has 0 unspecified atom stereocenters. The highest BCUT2D eigenvalue weighted by atomic mass is 32.2. The molecule has 0 saturated carbocycles. The summed E-state index contributed by atoms with van der Waals surface area (Å²) in [7, 11) is 0. The van der Waals surface area contributed by atoms with Gasteiger partial charge in [-0.2, -0.15) is 0 Å². The van der Waals surface area contributed by atoms with Gasteiger partial charge in [0.2, 0.25) is 0 Å². The summed E-state index contributed by atoms with van der Waals surface area (Å²) in [6.45, 7) is 6.18. The van der Waals surface area contributed by atoms with Gasteiger partial charge in [-0.3, -0.25) is 9.59 Å². The molecule has 0 fully saturated rings. The van der Waals surface area contributed by atoms with E-state index in [1.165, 1.54) is 11.8 Å². The number of hydrogen-bond donors (Lipinski definition) is 1. The lowest BCUT2D eigenvalue weighted by Crippen LogP contribution is -2.32. The largest absolute Gasteiger partial charge is 0.462 e. The molecule has 1 heterocycles. The van der Waals surface area contributed by atoms with Crippen molar-refractivity contribution in [2.45, 2.75) is 32.1 Å². The summed E-state index contributed by atoms with van der Waals surface area (Å²) in [6, 6.07) is 21.7. The lowest BCUT2D eigenvalue weighted by molar-refractivity contribution is -0.120. The van der Waals surface area contributed by atoms with Crippen molar-refractivity contribution in [2.24, 2.45) is 0 Å². The first-order valence-corrected chi connectivity index (χ1v) is 12.2. The first-order valence-electron chi connectivity index (χ1n) is 11.4. The fraction of sp³-hybridized carbons (Fsp3) is 0.179. The van der Waals surface area contributed by atoms with Crippen molar-refractivity contribution in [3.63, 3.8) is 0 Å². The molecular formula is C28H26N2O4S. The Morgan fingerprint density at radius 1 is 0.914 bits per heavy atom.